The molecular weight excluding hydrogens is 168 g/mol. The summed E-state index contributed by atoms with van der Waals surface area (Å²) in [7, 11) is 0. The summed E-state index contributed by atoms with van der Waals surface area (Å²) in [6, 6.07) is 0. The smallest absolute Gasteiger partial charge is 0.147 e. The Hall–Kier alpha value is -1.20. The number of hydrogen-bond donors (Lipinski definition) is 2. The molecule has 0 spiro atoms. The summed E-state index contributed by atoms with van der Waals surface area (Å²) in [5, 5.41) is 3.21. The highest BCUT2D eigenvalue weighted by molar-refractivity contribution is 5.34. The second-order valence-electron chi connectivity index (χ2n) is 2.89. The van der Waals surface area contributed by atoms with Crippen molar-refractivity contribution >= 4 is 5.82 Å². The van der Waals surface area contributed by atoms with Crippen molar-refractivity contribution in [3.8, 4) is 0 Å². The number of morpholine rings is 1. The molecule has 70 valence electrons. The molecule has 1 saturated heterocycles. The Kier molecular flexibility index (Phi) is 2.37. The van der Waals surface area contributed by atoms with Crippen LogP contribution in [0.1, 0.15) is 11.8 Å². The van der Waals surface area contributed by atoms with E-state index in [1.807, 2.05) is 0 Å². The molecule has 0 amide bonds. The van der Waals surface area contributed by atoms with Crippen LogP contribution >= 0.6 is 0 Å². The minimum Gasteiger partial charge on any atom is -0.382 e. The van der Waals surface area contributed by atoms with E-state index in [4.69, 9.17) is 10.5 Å². The summed E-state index contributed by atoms with van der Waals surface area (Å²) in [4.78, 5) is 8.11. The lowest BCUT2D eigenvalue weighted by molar-refractivity contribution is 0.0253. The summed E-state index contributed by atoms with van der Waals surface area (Å²) in [6.45, 7) is 2.33. The zero-order chi connectivity index (χ0) is 9.10. The largest absolute Gasteiger partial charge is 0.382 e. The van der Waals surface area contributed by atoms with Crippen LogP contribution in [0.3, 0.4) is 0 Å². The highest BCUT2D eigenvalue weighted by Gasteiger charge is 2.19. The van der Waals surface area contributed by atoms with Gasteiger partial charge < -0.3 is 15.8 Å². The Morgan fingerprint density at radius 1 is 1.46 bits per heavy atom. The average molecular weight is 180 g/mol. The first kappa shape index (κ1) is 8.40. The molecule has 0 aliphatic carbocycles. The van der Waals surface area contributed by atoms with E-state index in [-0.39, 0.29) is 6.10 Å². The Bertz CT molecular complexity index is 285. The molecular formula is C8H12N4O. The molecule has 0 saturated carbocycles. The average Bonchev–Trinajstić information content (AvgIpc) is 2.20. The molecule has 1 aromatic rings. The lowest BCUT2D eigenvalue weighted by Gasteiger charge is -2.23. The van der Waals surface area contributed by atoms with Gasteiger partial charge >= 0.3 is 0 Å². The molecule has 1 fully saturated rings. The number of anilines is 1. The molecule has 1 atom stereocenters. The number of nitrogen functional groups attached to an aromatic ring is 1. The zero-order valence-corrected chi connectivity index (χ0v) is 7.23. The fraction of sp³-hybridized carbons (Fsp3) is 0.500. The van der Waals surface area contributed by atoms with Gasteiger partial charge in [0.25, 0.3) is 0 Å². The molecule has 2 rings (SSSR count). The lowest BCUT2D eigenvalue weighted by atomic mass is 10.2. The van der Waals surface area contributed by atoms with E-state index >= 15 is 0 Å². The van der Waals surface area contributed by atoms with Crippen molar-refractivity contribution in [2.24, 2.45) is 0 Å². The van der Waals surface area contributed by atoms with Crippen molar-refractivity contribution in [2.45, 2.75) is 6.10 Å². The zero-order valence-electron chi connectivity index (χ0n) is 7.23. The molecule has 0 aromatic carbocycles. The van der Waals surface area contributed by atoms with Gasteiger partial charge in [0.15, 0.2) is 0 Å². The van der Waals surface area contributed by atoms with E-state index in [2.05, 4.69) is 15.3 Å². The van der Waals surface area contributed by atoms with Crippen molar-refractivity contribution in [3.05, 3.63) is 18.1 Å². The van der Waals surface area contributed by atoms with Gasteiger partial charge in [-0.25, -0.2) is 4.98 Å². The highest BCUT2D eigenvalue weighted by atomic mass is 16.5. The van der Waals surface area contributed by atoms with Gasteiger partial charge in [0.2, 0.25) is 0 Å². The third-order valence-corrected chi connectivity index (χ3v) is 1.99. The van der Waals surface area contributed by atoms with E-state index in [1.54, 1.807) is 12.4 Å². The predicted octanol–water partition coefficient (Wildman–Crippen LogP) is -0.280. The van der Waals surface area contributed by atoms with Crippen LogP contribution in [0, 0.1) is 0 Å². The van der Waals surface area contributed by atoms with Crippen molar-refractivity contribution in [1.29, 1.82) is 0 Å². The van der Waals surface area contributed by atoms with Crippen LogP contribution in [0.15, 0.2) is 12.4 Å². The molecule has 0 radical (unpaired) electrons. The molecule has 2 heterocycles. The summed E-state index contributed by atoms with van der Waals surface area (Å²) in [6.07, 6.45) is 3.15. The van der Waals surface area contributed by atoms with E-state index < -0.39 is 0 Å². The van der Waals surface area contributed by atoms with Crippen LogP contribution in [-0.2, 0) is 4.74 Å². The Labute approximate surface area is 76.3 Å². The number of nitrogens with zero attached hydrogens (tertiary/aromatic N) is 2. The van der Waals surface area contributed by atoms with E-state index in [9.17, 15) is 0 Å². The fourth-order valence-corrected chi connectivity index (χ4v) is 1.35. The number of rotatable bonds is 1. The van der Waals surface area contributed by atoms with Crippen LogP contribution < -0.4 is 11.1 Å². The normalized spacial score (nSPS) is 22.9. The Morgan fingerprint density at radius 2 is 2.31 bits per heavy atom. The number of ether oxygens (including phenoxy) is 1. The minimum atomic E-state index is -0.0533. The monoisotopic (exact) mass is 180 g/mol. The number of hydrogen-bond acceptors (Lipinski definition) is 5. The van der Waals surface area contributed by atoms with E-state index in [1.165, 1.54) is 0 Å². The SMILES string of the molecule is Nc1nccnc1[C@H]1CNCCO1. The third-order valence-electron chi connectivity index (χ3n) is 1.99. The van der Waals surface area contributed by atoms with E-state index in [0.29, 0.717) is 12.4 Å². The van der Waals surface area contributed by atoms with Crippen LogP contribution in [0.2, 0.25) is 0 Å². The molecule has 3 N–H and O–H groups in total. The van der Waals surface area contributed by atoms with Crippen molar-refractivity contribution < 1.29 is 4.74 Å². The maximum absolute atomic E-state index is 5.67. The summed E-state index contributed by atoms with van der Waals surface area (Å²) >= 11 is 0. The van der Waals surface area contributed by atoms with Crippen molar-refractivity contribution in [2.75, 3.05) is 25.4 Å². The molecule has 13 heavy (non-hydrogen) atoms. The summed E-state index contributed by atoms with van der Waals surface area (Å²) < 4.78 is 5.50. The van der Waals surface area contributed by atoms with Crippen LogP contribution in [0.5, 0.6) is 0 Å². The van der Waals surface area contributed by atoms with Crippen LogP contribution in [0.25, 0.3) is 0 Å². The number of nitrogens with two attached hydrogens (primary N) is 1. The molecule has 5 nitrogen and oxygen atoms in total. The van der Waals surface area contributed by atoms with Crippen LogP contribution in [0.4, 0.5) is 5.82 Å². The first-order valence-corrected chi connectivity index (χ1v) is 4.26. The second kappa shape index (κ2) is 3.68. The topological polar surface area (TPSA) is 73.1 Å². The standard InChI is InChI=1S/C8H12N4O/c9-8-7(11-1-2-12-8)6-5-10-3-4-13-6/h1-2,6,10H,3-5H2,(H2,9,12)/t6-/m1/s1. The van der Waals surface area contributed by atoms with Gasteiger partial charge in [-0.15, -0.1) is 0 Å². The van der Waals surface area contributed by atoms with Gasteiger partial charge in [-0.05, 0) is 0 Å². The van der Waals surface area contributed by atoms with E-state index in [0.717, 1.165) is 18.8 Å². The van der Waals surface area contributed by atoms with Gasteiger partial charge in [0, 0.05) is 25.5 Å². The molecule has 1 aliphatic heterocycles. The minimum absolute atomic E-state index is 0.0533. The number of aromatic nitrogens is 2. The lowest BCUT2D eigenvalue weighted by Crippen LogP contribution is -2.34. The number of nitrogens with one attached hydrogen (secondary N) is 1. The molecule has 1 aliphatic rings. The second-order valence-corrected chi connectivity index (χ2v) is 2.89. The van der Waals surface area contributed by atoms with Gasteiger partial charge in [-0.3, -0.25) is 4.98 Å². The first-order valence-electron chi connectivity index (χ1n) is 4.26. The van der Waals surface area contributed by atoms with Gasteiger partial charge in [-0.2, -0.15) is 0 Å². The fourth-order valence-electron chi connectivity index (χ4n) is 1.35. The summed E-state index contributed by atoms with van der Waals surface area (Å²) in [5.41, 5.74) is 6.40. The Morgan fingerprint density at radius 3 is 3.00 bits per heavy atom. The maximum atomic E-state index is 5.67. The highest BCUT2D eigenvalue weighted by Crippen LogP contribution is 2.19. The summed E-state index contributed by atoms with van der Waals surface area (Å²) in [5.74, 6) is 0.455. The van der Waals surface area contributed by atoms with Crippen molar-refractivity contribution in [3.63, 3.8) is 0 Å². The molecule has 1 aromatic heterocycles. The predicted molar refractivity (Wildman–Crippen MR) is 48.0 cm³/mol. The maximum Gasteiger partial charge on any atom is 0.147 e. The molecule has 0 unspecified atom stereocenters. The first-order chi connectivity index (χ1) is 6.38. The molecule has 0 bridgehead atoms. The van der Waals surface area contributed by atoms with Gasteiger partial charge in [0.1, 0.15) is 17.6 Å². The van der Waals surface area contributed by atoms with Gasteiger partial charge in [-0.1, -0.05) is 0 Å². The third kappa shape index (κ3) is 1.76. The quantitative estimate of drug-likeness (QED) is 0.621. The van der Waals surface area contributed by atoms with Crippen molar-refractivity contribution in [1.82, 2.24) is 15.3 Å². The van der Waals surface area contributed by atoms with Gasteiger partial charge in [0.05, 0.1) is 6.61 Å². The molecule has 5 heteroatoms. The Balaban J connectivity index is 2.18. The van der Waals surface area contributed by atoms with Crippen LogP contribution in [-0.4, -0.2) is 29.7 Å².